The molecule has 0 aliphatic heterocycles. The maximum atomic E-state index is 12.6. The van der Waals surface area contributed by atoms with Crippen LogP contribution in [0, 0.1) is 0 Å². The molecule has 0 saturated heterocycles. The molecule has 0 radical (unpaired) electrons. The van der Waals surface area contributed by atoms with Crippen molar-refractivity contribution in [3.63, 3.8) is 0 Å². The Morgan fingerprint density at radius 1 is 1.29 bits per heavy atom. The zero-order chi connectivity index (χ0) is 16.4. The van der Waals surface area contributed by atoms with Gasteiger partial charge in [0.2, 0.25) is 0 Å². The minimum atomic E-state index is -4.05. The minimum Gasteiger partial charge on any atom is -0.336 e. The number of amides is 1. The Balaban J connectivity index is 3.45. The number of benzene rings is 1. The first-order valence-electron chi connectivity index (χ1n) is 6.34. The monoisotopic (exact) mass is 371 g/mol. The zero-order valence-electron chi connectivity index (χ0n) is 11.9. The van der Waals surface area contributed by atoms with Crippen LogP contribution < -0.4 is 0 Å². The first kappa shape index (κ1) is 18.6. The normalized spacial score (nSPS) is 11.8. The lowest BCUT2D eigenvalue weighted by molar-refractivity contribution is 0.0706. The van der Waals surface area contributed by atoms with E-state index in [1.165, 1.54) is 12.1 Å². The van der Waals surface area contributed by atoms with Crippen LogP contribution in [0.4, 0.5) is 0 Å². The van der Waals surface area contributed by atoms with Gasteiger partial charge in [0, 0.05) is 23.3 Å². The lowest BCUT2D eigenvalue weighted by Gasteiger charge is -2.27. The number of rotatable bonds is 5. The van der Waals surface area contributed by atoms with Gasteiger partial charge in [-0.1, -0.05) is 30.1 Å². The molecular formula is C13H16Cl3NO3S. The average molecular weight is 373 g/mol. The summed E-state index contributed by atoms with van der Waals surface area (Å²) in [5, 5.41) is -0.153. The van der Waals surface area contributed by atoms with Crippen molar-refractivity contribution >= 4 is 48.8 Å². The molecule has 0 unspecified atom stereocenters. The fourth-order valence-electron chi connectivity index (χ4n) is 1.90. The Bertz CT molecular complexity index is 644. The van der Waals surface area contributed by atoms with Gasteiger partial charge in [0.25, 0.3) is 15.0 Å². The molecule has 0 fully saturated rings. The largest absolute Gasteiger partial charge is 0.336 e. The first-order chi connectivity index (χ1) is 9.61. The first-order valence-corrected chi connectivity index (χ1v) is 9.41. The van der Waals surface area contributed by atoms with Crippen molar-refractivity contribution in [1.29, 1.82) is 0 Å². The number of nitrogens with zero attached hydrogens (tertiary/aromatic N) is 1. The van der Waals surface area contributed by atoms with Crippen molar-refractivity contribution in [2.75, 3.05) is 6.54 Å². The van der Waals surface area contributed by atoms with Crippen molar-refractivity contribution in [2.24, 2.45) is 0 Å². The van der Waals surface area contributed by atoms with Gasteiger partial charge in [-0.15, -0.1) is 0 Å². The highest BCUT2D eigenvalue weighted by Crippen LogP contribution is 2.34. The summed E-state index contributed by atoms with van der Waals surface area (Å²) in [5.41, 5.74) is -0.0396. The van der Waals surface area contributed by atoms with E-state index in [1.807, 2.05) is 20.8 Å². The molecule has 0 heterocycles. The molecule has 0 aliphatic rings. The van der Waals surface area contributed by atoms with Crippen LogP contribution in [0.3, 0.4) is 0 Å². The average Bonchev–Trinajstić information content (AvgIpc) is 2.33. The topological polar surface area (TPSA) is 54.5 Å². The molecule has 1 rings (SSSR count). The van der Waals surface area contributed by atoms with Gasteiger partial charge in [0.15, 0.2) is 0 Å². The lowest BCUT2D eigenvalue weighted by atomic mass is 10.1. The molecule has 1 amide bonds. The lowest BCUT2D eigenvalue weighted by Crippen LogP contribution is -2.38. The van der Waals surface area contributed by atoms with E-state index < -0.39 is 15.0 Å². The summed E-state index contributed by atoms with van der Waals surface area (Å²) < 4.78 is 23.0. The van der Waals surface area contributed by atoms with E-state index in [2.05, 4.69) is 0 Å². The fourth-order valence-corrected chi connectivity index (χ4v) is 3.78. The van der Waals surface area contributed by atoms with Gasteiger partial charge in [0.05, 0.1) is 15.6 Å². The molecular weight excluding hydrogens is 357 g/mol. The van der Waals surface area contributed by atoms with E-state index in [0.717, 1.165) is 6.42 Å². The molecule has 1 aromatic rings. The predicted octanol–water partition coefficient (Wildman–Crippen LogP) is 4.18. The zero-order valence-corrected chi connectivity index (χ0v) is 14.9. The molecule has 0 saturated carbocycles. The Morgan fingerprint density at radius 2 is 1.86 bits per heavy atom. The third-order valence-corrected chi connectivity index (χ3v) is 5.06. The molecule has 0 bridgehead atoms. The minimum absolute atomic E-state index is 0.0396. The molecule has 0 N–H and O–H groups in total. The molecule has 0 atom stereocenters. The van der Waals surface area contributed by atoms with Crippen molar-refractivity contribution in [3.05, 3.63) is 27.7 Å². The molecule has 0 aromatic heterocycles. The molecule has 1 aromatic carbocycles. The third-order valence-electron chi connectivity index (χ3n) is 2.88. The van der Waals surface area contributed by atoms with E-state index >= 15 is 0 Å². The Labute approximate surface area is 139 Å². The maximum Gasteiger partial charge on any atom is 0.262 e. The van der Waals surface area contributed by atoms with Crippen molar-refractivity contribution < 1.29 is 13.2 Å². The summed E-state index contributed by atoms with van der Waals surface area (Å²) in [6.45, 7) is 6.17. The highest BCUT2D eigenvalue weighted by atomic mass is 35.7. The maximum absolute atomic E-state index is 12.6. The number of halogens is 3. The summed E-state index contributed by atoms with van der Waals surface area (Å²) in [6.07, 6.45) is 0.757. The molecule has 21 heavy (non-hydrogen) atoms. The molecule has 118 valence electrons. The van der Waals surface area contributed by atoms with Gasteiger partial charge < -0.3 is 4.90 Å². The number of carbonyl (C=O) groups excluding carboxylic acids is 1. The van der Waals surface area contributed by atoms with Gasteiger partial charge in [-0.3, -0.25) is 4.79 Å². The van der Waals surface area contributed by atoms with E-state index in [4.69, 9.17) is 33.9 Å². The van der Waals surface area contributed by atoms with Crippen molar-refractivity contribution in [3.8, 4) is 0 Å². The van der Waals surface area contributed by atoms with Crippen LogP contribution in [0.2, 0.25) is 10.0 Å². The molecule has 0 aliphatic carbocycles. The molecule has 0 spiro atoms. The van der Waals surface area contributed by atoms with Crippen molar-refractivity contribution in [1.82, 2.24) is 4.90 Å². The number of carbonyl (C=O) groups is 1. The van der Waals surface area contributed by atoms with Gasteiger partial charge in [-0.25, -0.2) is 8.42 Å². The summed E-state index contributed by atoms with van der Waals surface area (Å²) in [4.78, 5) is 13.9. The van der Waals surface area contributed by atoms with Crippen LogP contribution in [-0.4, -0.2) is 31.8 Å². The smallest absolute Gasteiger partial charge is 0.262 e. The van der Waals surface area contributed by atoms with Crippen LogP contribution in [0.5, 0.6) is 0 Å². The standard InChI is InChI=1S/C13H16Cl3NO3S/c1-4-7-17(8(2)3)13(18)11-9(14)5-6-10(12(11)15)21(16,19)20/h5-6,8H,4,7H2,1-3H3. The summed E-state index contributed by atoms with van der Waals surface area (Å²) in [5.74, 6) is -0.413. The Kier molecular flexibility index (Phi) is 6.35. The van der Waals surface area contributed by atoms with E-state index in [1.54, 1.807) is 4.90 Å². The molecule has 8 heteroatoms. The second kappa shape index (κ2) is 7.18. The number of hydrogen-bond donors (Lipinski definition) is 0. The van der Waals surface area contributed by atoms with Crippen LogP contribution in [-0.2, 0) is 9.05 Å². The van der Waals surface area contributed by atoms with Crippen LogP contribution in [0.25, 0.3) is 0 Å². The van der Waals surface area contributed by atoms with Crippen molar-refractivity contribution in [2.45, 2.75) is 38.1 Å². The quantitative estimate of drug-likeness (QED) is 0.728. The third kappa shape index (κ3) is 4.25. The highest BCUT2D eigenvalue weighted by molar-refractivity contribution is 8.13. The summed E-state index contributed by atoms with van der Waals surface area (Å²) >= 11 is 12.1. The van der Waals surface area contributed by atoms with Gasteiger partial charge in [-0.2, -0.15) is 0 Å². The highest BCUT2D eigenvalue weighted by Gasteiger charge is 2.27. The van der Waals surface area contributed by atoms with Gasteiger partial charge >= 0.3 is 0 Å². The SMILES string of the molecule is CCCN(C(=O)c1c(Cl)ccc(S(=O)(=O)Cl)c1Cl)C(C)C. The van der Waals surface area contributed by atoms with Crippen LogP contribution in [0.15, 0.2) is 17.0 Å². The van der Waals surface area contributed by atoms with E-state index in [9.17, 15) is 13.2 Å². The van der Waals surface area contributed by atoms with E-state index in [-0.39, 0.29) is 26.5 Å². The number of hydrogen-bond acceptors (Lipinski definition) is 3. The second-order valence-corrected chi connectivity index (χ2v) is 8.08. The Morgan fingerprint density at radius 3 is 2.29 bits per heavy atom. The van der Waals surface area contributed by atoms with Gasteiger partial charge in [-0.05, 0) is 32.4 Å². The second-order valence-electron chi connectivity index (χ2n) is 4.76. The summed E-state index contributed by atoms with van der Waals surface area (Å²) in [7, 11) is 1.26. The van der Waals surface area contributed by atoms with Crippen LogP contribution in [0.1, 0.15) is 37.6 Å². The Hall–Kier alpha value is -0.490. The van der Waals surface area contributed by atoms with Gasteiger partial charge in [0.1, 0.15) is 4.90 Å². The van der Waals surface area contributed by atoms with E-state index in [0.29, 0.717) is 6.54 Å². The summed E-state index contributed by atoms with van der Waals surface area (Å²) in [6, 6.07) is 2.42. The predicted molar refractivity (Wildman–Crippen MR) is 86.0 cm³/mol. The molecule has 4 nitrogen and oxygen atoms in total. The van der Waals surface area contributed by atoms with Crippen LogP contribution >= 0.6 is 33.9 Å². The fraction of sp³-hybridized carbons (Fsp3) is 0.462.